The summed E-state index contributed by atoms with van der Waals surface area (Å²) in [6, 6.07) is 9.42. The first-order chi connectivity index (χ1) is 52.7. The van der Waals surface area contributed by atoms with Crippen molar-refractivity contribution in [3.05, 3.63) is 131 Å². The standard InChI is InChI=1S/C40H58BrN5O4Si2.C40H59N5O4Si2/c1-40(2,3)50-39(47)31-17-15-30(16-18-31)36-35(41)38(45(27-48-21-23-51(4,5)6)28-49-22-24-52(7,8)9)46-37(44-36)33(26-43-46)32-19-20-34(42-25-32)29-13-11-10-12-14-29;1-40(2,3)49-39(46)32-17-15-31(16-18-32)36-25-37(44(28-47-21-23-50(4,5)6)29-48-22-24-51(7,8)9)45-38(43-36)34(27-42-45)33-19-20-35(41-26-33)30-13-11-10-12-14-30/h10-14,19-20,25-26,30-31H,15-18,21-24,27-28H2,1-9H3;10-14,19-20,25-27,31-32H,15-18,21-24,28-29H2,1-9H3/i2*10D,11D,12D,13D,14D. The summed E-state index contributed by atoms with van der Waals surface area (Å²) in [5, 5.41) is 9.72. The van der Waals surface area contributed by atoms with E-state index in [4.69, 9.17) is 62.3 Å². The van der Waals surface area contributed by atoms with Crippen LogP contribution in [-0.4, -0.2) is 148 Å². The molecule has 558 valence electrons. The van der Waals surface area contributed by atoms with Gasteiger partial charge in [-0.2, -0.15) is 19.2 Å². The average Bonchev–Trinajstić information content (AvgIpc) is 1.67. The van der Waals surface area contributed by atoms with Crippen molar-refractivity contribution in [2.75, 3.05) is 63.2 Å². The number of halogens is 1. The molecule has 0 amide bonds. The van der Waals surface area contributed by atoms with Crippen LogP contribution in [0.25, 0.3) is 56.1 Å². The summed E-state index contributed by atoms with van der Waals surface area (Å²) in [7, 11) is -5.33. The Bertz CT molecular complexity index is 4540. The fourth-order valence-electron chi connectivity index (χ4n) is 12.0. The van der Waals surface area contributed by atoms with Gasteiger partial charge in [0.05, 0.1) is 59.5 Å². The normalized spacial score (nSPS) is 18.4. The smallest absolute Gasteiger partial charge is 0.309 e. The maximum atomic E-state index is 13.0. The fourth-order valence-corrected chi connectivity index (χ4v) is 15.9. The van der Waals surface area contributed by atoms with E-state index in [-0.39, 0.29) is 95.8 Å². The van der Waals surface area contributed by atoms with Gasteiger partial charge in [0.15, 0.2) is 17.1 Å². The van der Waals surface area contributed by atoms with Gasteiger partial charge in [-0.05, 0) is 145 Å². The lowest BCUT2D eigenvalue weighted by molar-refractivity contribution is -0.162. The van der Waals surface area contributed by atoms with E-state index >= 15 is 0 Å². The van der Waals surface area contributed by atoms with E-state index in [2.05, 4.69) is 120 Å². The molecule has 8 aromatic rings. The van der Waals surface area contributed by atoms with E-state index in [0.717, 1.165) is 82.9 Å². The monoisotopic (exact) mass is 1550 g/mol. The Kier molecular flexibility index (Phi) is 23.1. The minimum Gasteiger partial charge on any atom is -0.460 e. The summed E-state index contributed by atoms with van der Waals surface area (Å²) in [5.41, 5.74) is 5.39. The first kappa shape index (κ1) is 67.3. The van der Waals surface area contributed by atoms with E-state index in [9.17, 15) is 9.59 Å². The largest absolute Gasteiger partial charge is 0.460 e. The highest BCUT2D eigenvalue weighted by atomic mass is 79.9. The molecule has 0 saturated heterocycles. The Labute approximate surface area is 640 Å². The van der Waals surface area contributed by atoms with Gasteiger partial charge in [-0.25, -0.2) is 9.97 Å². The van der Waals surface area contributed by atoms with Crippen molar-refractivity contribution in [2.24, 2.45) is 11.8 Å². The minimum absolute atomic E-state index is 0.0416. The van der Waals surface area contributed by atoms with E-state index in [1.54, 1.807) is 36.9 Å². The average molecular weight is 1550 g/mol. The first-order valence-corrected chi connectivity index (χ1v) is 52.1. The molecule has 2 aliphatic rings. The second-order valence-corrected chi connectivity index (χ2v) is 57.5. The van der Waals surface area contributed by atoms with Gasteiger partial charge in [0.2, 0.25) is 0 Å². The molecule has 0 aliphatic heterocycles. The Balaban J connectivity index is 0.000000259. The summed E-state index contributed by atoms with van der Waals surface area (Å²) in [4.78, 5) is 49.9. The summed E-state index contributed by atoms with van der Waals surface area (Å²) in [6.45, 7) is 43.1. The third kappa shape index (κ3) is 24.4. The van der Waals surface area contributed by atoms with Crippen LogP contribution < -0.4 is 9.80 Å². The Hall–Kier alpha value is -6.29. The van der Waals surface area contributed by atoms with Crippen molar-refractivity contribution in [1.82, 2.24) is 39.2 Å². The second-order valence-electron chi connectivity index (χ2n) is 34.3. The lowest BCUT2D eigenvalue weighted by atomic mass is 9.80. The van der Waals surface area contributed by atoms with E-state index in [1.165, 1.54) is 0 Å². The molecule has 2 fully saturated rings. The van der Waals surface area contributed by atoms with Gasteiger partial charge < -0.3 is 38.2 Å². The summed E-state index contributed by atoms with van der Waals surface area (Å²) < 4.78 is 124. The number of rotatable bonds is 30. The SMILES string of the molecule is [2H]c1c([2H])c([2H])c(-c2ccc(-c3cnn4c(N(COCC[Si](C)(C)C)COCC[Si](C)(C)C)c(Br)c(C5CCC(C(=O)OC(C)(C)C)CC5)nc34)cn2)c([2H])c1[2H].[2H]c1c([2H])c([2H])c(-c2ccc(-c3cnn4c(N(COCC[Si](C)(C)C)COCC[Si](C)(C)C)cc(C5CCC(C(=O)OC(C)(C)C)CC5)nc34)cn2)c([2H])c1[2H]. The quantitative estimate of drug-likeness (QED) is 0.0179. The van der Waals surface area contributed by atoms with Crippen LogP contribution in [0, 0.1) is 11.8 Å². The van der Waals surface area contributed by atoms with Crippen LogP contribution in [0.2, 0.25) is 103 Å². The number of aromatic nitrogens is 8. The number of carbonyl (C=O) groups is 2. The maximum Gasteiger partial charge on any atom is 0.309 e. The zero-order chi connectivity index (χ0) is 83.2. The molecule has 103 heavy (non-hydrogen) atoms. The molecule has 0 N–H and O–H groups in total. The van der Waals surface area contributed by atoms with Gasteiger partial charge in [-0.1, -0.05) is 151 Å². The van der Waals surface area contributed by atoms with Crippen LogP contribution in [0.3, 0.4) is 0 Å². The molecule has 0 radical (unpaired) electrons. The lowest BCUT2D eigenvalue weighted by Crippen LogP contribution is -2.34. The molecule has 6 aromatic heterocycles. The van der Waals surface area contributed by atoms with Crippen molar-refractivity contribution in [3.8, 4) is 44.8 Å². The number of hydrogen-bond acceptors (Lipinski definition) is 16. The molecule has 18 nitrogen and oxygen atoms in total. The molecule has 0 bridgehead atoms. The highest BCUT2D eigenvalue weighted by Gasteiger charge is 2.36. The number of carbonyl (C=O) groups excluding carboxylic acids is 2. The van der Waals surface area contributed by atoms with Gasteiger partial charge in [0, 0.05) is 128 Å². The molecule has 10 rings (SSSR count). The van der Waals surface area contributed by atoms with Crippen LogP contribution in [0.5, 0.6) is 0 Å². The molecule has 0 atom stereocenters. The molecule has 2 aliphatic carbocycles. The van der Waals surface area contributed by atoms with Crippen LogP contribution >= 0.6 is 15.9 Å². The van der Waals surface area contributed by atoms with Crippen molar-refractivity contribution in [2.45, 2.75) is 219 Å². The molecule has 6 heterocycles. The summed E-state index contributed by atoms with van der Waals surface area (Å²) in [6.07, 6.45) is 12.6. The lowest BCUT2D eigenvalue weighted by Gasteiger charge is -2.32. The van der Waals surface area contributed by atoms with E-state index in [1.807, 2.05) is 62.7 Å². The number of pyridine rings is 2. The first-order valence-electron chi connectivity index (χ1n) is 41.5. The summed E-state index contributed by atoms with van der Waals surface area (Å²) >= 11 is 3.99. The fraction of sp³-hybridized carbons (Fsp3) is 0.550. The number of hydrogen-bond donors (Lipinski definition) is 0. The molecular formula is C80H117BrN10O8Si4. The number of fused-ring (bicyclic) bond motifs is 2. The topological polar surface area (TPSA) is 182 Å². The molecule has 23 heteroatoms. The second kappa shape index (κ2) is 35.4. The maximum absolute atomic E-state index is 13.0. The Morgan fingerprint density at radius 1 is 0.495 bits per heavy atom. The number of benzene rings is 2. The number of anilines is 2. The number of nitrogens with zero attached hydrogens (tertiary/aromatic N) is 10. The van der Waals surface area contributed by atoms with Crippen LogP contribution in [0.15, 0.2) is 120 Å². The van der Waals surface area contributed by atoms with E-state index < -0.39 is 79.8 Å². The molecular weight excluding hydrogens is 1420 g/mol. The highest BCUT2D eigenvalue weighted by molar-refractivity contribution is 9.10. The van der Waals surface area contributed by atoms with Crippen molar-refractivity contribution in [1.29, 1.82) is 0 Å². The third-order valence-electron chi connectivity index (χ3n) is 18.1. The minimum atomic E-state index is -1.34. The zero-order valence-electron chi connectivity index (χ0n) is 74.3. The van der Waals surface area contributed by atoms with Gasteiger partial charge >= 0.3 is 11.9 Å². The predicted octanol–water partition coefficient (Wildman–Crippen LogP) is 19.8. The zero-order valence-corrected chi connectivity index (χ0v) is 69.8. The number of esters is 2. The van der Waals surface area contributed by atoms with Gasteiger partial charge in [0.1, 0.15) is 43.9 Å². The van der Waals surface area contributed by atoms with Gasteiger partial charge in [0.25, 0.3) is 0 Å². The molecule has 0 unspecified atom stereocenters. The molecule has 2 saturated carbocycles. The molecule has 0 spiro atoms. The van der Waals surface area contributed by atoms with Gasteiger partial charge in [-0.3, -0.25) is 19.6 Å². The Morgan fingerprint density at radius 2 is 0.874 bits per heavy atom. The predicted molar refractivity (Wildman–Crippen MR) is 433 cm³/mol. The van der Waals surface area contributed by atoms with Crippen molar-refractivity contribution in [3.63, 3.8) is 0 Å². The van der Waals surface area contributed by atoms with Crippen molar-refractivity contribution >= 4 is 83.1 Å². The Morgan fingerprint density at radius 3 is 1.25 bits per heavy atom. The van der Waals surface area contributed by atoms with E-state index in [0.29, 0.717) is 93.6 Å². The third-order valence-corrected chi connectivity index (χ3v) is 25.6. The highest BCUT2D eigenvalue weighted by Crippen LogP contribution is 2.44. The molecule has 2 aromatic carbocycles. The van der Waals surface area contributed by atoms with Crippen LogP contribution in [0.1, 0.15) is 130 Å². The van der Waals surface area contributed by atoms with Gasteiger partial charge in [-0.15, -0.1) is 0 Å². The number of ether oxygens (including phenoxy) is 6. The van der Waals surface area contributed by atoms with Crippen molar-refractivity contribution < 1.29 is 51.7 Å². The summed E-state index contributed by atoms with van der Waals surface area (Å²) in [5.74, 6) is 1.08. The van der Waals surface area contributed by atoms with Crippen LogP contribution in [-0.2, 0) is 38.0 Å². The van der Waals surface area contributed by atoms with Crippen LogP contribution in [0.4, 0.5) is 11.6 Å².